The standard InChI is InChI=1S/C18H19N3O3S/c1-11-3-2-4-15(11)18(22)16-9-13(10-17(16)19)21-12-5-7-14(8-6-12)25(20,23)24/h2-3,5-10,16,21H,4,19H2,1H3,(H2,20,23,24). The topological polar surface area (TPSA) is 115 Å². The van der Waals surface area contributed by atoms with Crippen molar-refractivity contribution < 1.29 is 13.2 Å². The number of benzene rings is 1. The molecule has 1 aromatic rings. The summed E-state index contributed by atoms with van der Waals surface area (Å²) in [7, 11) is -3.72. The lowest BCUT2D eigenvalue weighted by molar-refractivity contribution is -0.117. The fourth-order valence-electron chi connectivity index (χ4n) is 2.89. The minimum Gasteiger partial charge on any atom is -0.401 e. The molecule has 130 valence electrons. The molecular formula is C18H19N3O3S. The number of allylic oxidation sites excluding steroid dienone is 6. The van der Waals surface area contributed by atoms with Crippen molar-refractivity contribution in [1.82, 2.24) is 0 Å². The highest BCUT2D eigenvalue weighted by Crippen LogP contribution is 2.29. The number of Topliss-reactive ketones (excluding diaryl/α,β-unsaturated/α-hetero) is 1. The Morgan fingerprint density at radius 1 is 1.24 bits per heavy atom. The summed E-state index contributed by atoms with van der Waals surface area (Å²) in [6.07, 6.45) is 8.05. The van der Waals surface area contributed by atoms with E-state index in [4.69, 9.17) is 10.9 Å². The van der Waals surface area contributed by atoms with Gasteiger partial charge >= 0.3 is 0 Å². The van der Waals surface area contributed by atoms with Gasteiger partial charge in [0, 0.05) is 22.7 Å². The Labute approximate surface area is 146 Å². The lowest BCUT2D eigenvalue weighted by atomic mass is 9.94. The Bertz CT molecular complexity index is 952. The van der Waals surface area contributed by atoms with Crippen LogP contribution in [0.15, 0.2) is 76.0 Å². The minimum atomic E-state index is -3.72. The molecule has 0 radical (unpaired) electrons. The van der Waals surface area contributed by atoms with Gasteiger partial charge in [-0.15, -0.1) is 0 Å². The van der Waals surface area contributed by atoms with Crippen LogP contribution >= 0.6 is 0 Å². The third kappa shape index (κ3) is 3.57. The van der Waals surface area contributed by atoms with Gasteiger partial charge in [0.1, 0.15) is 0 Å². The first-order valence-corrected chi connectivity index (χ1v) is 9.29. The molecule has 0 amide bonds. The molecule has 2 aliphatic rings. The Kier molecular flexibility index (Phi) is 4.36. The van der Waals surface area contributed by atoms with Gasteiger partial charge in [0.2, 0.25) is 10.0 Å². The summed E-state index contributed by atoms with van der Waals surface area (Å²) in [5.74, 6) is -0.464. The molecule has 0 bridgehead atoms. The number of ketones is 1. The Balaban J connectivity index is 1.76. The third-order valence-electron chi connectivity index (χ3n) is 4.24. The zero-order valence-corrected chi connectivity index (χ0v) is 14.5. The van der Waals surface area contributed by atoms with Crippen LogP contribution in [0.4, 0.5) is 5.69 Å². The summed E-state index contributed by atoms with van der Waals surface area (Å²) < 4.78 is 22.6. The molecular weight excluding hydrogens is 338 g/mol. The van der Waals surface area contributed by atoms with Crippen LogP contribution in [-0.4, -0.2) is 14.2 Å². The molecule has 25 heavy (non-hydrogen) atoms. The Morgan fingerprint density at radius 3 is 2.48 bits per heavy atom. The van der Waals surface area contributed by atoms with E-state index in [1.165, 1.54) is 12.1 Å². The van der Waals surface area contributed by atoms with Gasteiger partial charge in [0.05, 0.1) is 10.8 Å². The summed E-state index contributed by atoms with van der Waals surface area (Å²) in [6.45, 7) is 1.92. The van der Waals surface area contributed by atoms with Crippen molar-refractivity contribution in [2.45, 2.75) is 18.2 Å². The molecule has 1 atom stereocenters. The number of hydrogen-bond acceptors (Lipinski definition) is 5. The monoisotopic (exact) mass is 357 g/mol. The number of rotatable bonds is 5. The number of hydrogen-bond donors (Lipinski definition) is 3. The average Bonchev–Trinajstić information content (AvgIpc) is 3.12. The molecule has 1 aromatic carbocycles. The fourth-order valence-corrected chi connectivity index (χ4v) is 3.41. The lowest BCUT2D eigenvalue weighted by Gasteiger charge is -2.10. The largest absolute Gasteiger partial charge is 0.401 e. The second-order valence-electron chi connectivity index (χ2n) is 6.07. The normalized spacial score (nSPS) is 19.8. The van der Waals surface area contributed by atoms with Gasteiger partial charge in [-0.2, -0.15) is 0 Å². The fraction of sp³-hybridized carbons (Fsp3) is 0.167. The van der Waals surface area contributed by atoms with Crippen LogP contribution in [-0.2, 0) is 14.8 Å². The molecule has 0 saturated heterocycles. The average molecular weight is 357 g/mol. The number of nitrogens with two attached hydrogens (primary N) is 2. The molecule has 0 aromatic heterocycles. The van der Waals surface area contributed by atoms with Crippen LogP contribution in [0.3, 0.4) is 0 Å². The number of anilines is 1. The van der Waals surface area contributed by atoms with Gasteiger partial charge in [-0.3, -0.25) is 4.79 Å². The van der Waals surface area contributed by atoms with Gasteiger partial charge in [-0.05, 0) is 55.3 Å². The highest BCUT2D eigenvalue weighted by molar-refractivity contribution is 7.89. The molecule has 0 aliphatic heterocycles. The van der Waals surface area contributed by atoms with Crippen molar-refractivity contribution in [3.8, 4) is 0 Å². The van der Waals surface area contributed by atoms with E-state index in [1.807, 2.05) is 19.1 Å². The molecule has 0 heterocycles. The predicted octanol–water partition coefficient (Wildman–Crippen LogP) is 1.95. The van der Waals surface area contributed by atoms with E-state index in [0.29, 0.717) is 23.5 Å². The lowest BCUT2D eigenvalue weighted by Crippen LogP contribution is -2.19. The van der Waals surface area contributed by atoms with Crippen LogP contribution in [0, 0.1) is 5.92 Å². The highest BCUT2D eigenvalue weighted by atomic mass is 32.2. The highest BCUT2D eigenvalue weighted by Gasteiger charge is 2.28. The van der Waals surface area contributed by atoms with E-state index in [2.05, 4.69) is 5.32 Å². The second kappa shape index (κ2) is 6.34. The van der Waals surface area contributed by atoms with E-state index < -0.39 is 15.9 Å². The zero-order valence-electron chi connectivity index (χ0n) is 13.7. The molecule has 0 fully saturated rings. The van der Waals surface area contributed by atoms with Crippen molar-refractivity contribution in [3.05, 3.63) is 71.1 Å². The number of carbonyl (C=O) groups excluding carboxylic acids is 1. The summed E-state index contributed by atoms with van der Waals surface area (Å²) in [4.78, 5) is 12.7. The van der Waals surface area contributed by atoms with Crippen molar-refractivity contribution in [1.29, 1.82) is 0 Å². The molecule has 3 rings (SSSR count). The summed E-state index contributed by atoms with van der Waals surface area (Å²) in [6, 6.07) is 6.04. The summed E-state index contributed by atoms with van der Waals surface area (Å²) in [5.41, 5.74) is 9.65. The van der Waals surface area contributed by atoms with E-state index in [0.717, 1.165) is 11.1 Å². The smallest absolute Gasteiger partial charge is 0.238 e. The van der Waals surface area contributed by atoms with Gasteiger partial charge in [0.15, 0.2) is 5.78 Å². The first-order chi connectivity index (χ1) is 11.8. The van der Waals surface area contributed by atoms with Crippen LogP contribution in [0.1, 0.15) is 13.3 Å². The van der Waals surface area contributed by atoms with Crippen LogP contribution in [0.25, 0.3) is 0 Å². The van der Waals surface area contributed by atoms with Crippen LogP contribution in [0.5, 0.6) is 0 Å². The number of nitrogens with one attached hydrogen (secondary N) is 1. The van der Waals surface area contributed by atoms with E-state index in [1.54, 1.807) is 24.3 Å². The quantitative estimate of drug-likeness (QED) is 0.745. The number of primary sulfonamides is 1. The summed E-state index contributed by atoms with van der Waals surface area (Å²) >= 11 is 0. The third-order valence-corrected chi connectivity index (χ3v) is 5.17. The van der Waals surface area contributed by atoms with Crippen LogP contribution < -0.4 is 16.2 Å². The minimum absolute atomic E-state index is 0.0117. The molecule has 2 aliphatic carbocycles. The SMILES string of the molecule is CC1=C(C(=O)C2C=C(Nc3ccc(S(N)(=O)=O)cc3)C=C2N)CC=C1. The molecule has 6 nitrogen and oxygen atoms in total. The van der Waals surface area contributed by atoms with Crippen molar-refractivity contribution >= 4 is 21.5 Å². The van der Waals surface area contributed by atoms with Crippen molar-refractivity contribution in [2.24, 2.45) is 16.8 Å². The number of carbonyl (C=O) groups is 1. The van der Waals surface area contributed by atoms with Gasteiger partial charge in [-0.1, -0.05) is 12.2 Å². The van der Waals surface area contributed by atoms with Crippen molar-refractivity contribution in [3.63, 3.8) is 0 Å². The maximum Gasteiger partial charge on any atom is 0.238 e. The van der Waals surface area contributed by atoms with Gasteiger partial charge < -0.3 is 11.1 Å². The van der Waals surface area contributed by atoms with E-state index in [-0.39, 0.29) is 10.7 Å². The van der Waals surface area contributed by atoms with Gasteiger partial charge in [0.25, 0.3) is 0 Å². The molecule has 1 unspecified atom stereocenters. The first kappa shape index (κ1) is 17.2. The van der Waals surface area contributed by atoms with E-state index >= 15 is 0 Å². The predicted molar refractivity (Wildman–Crippen MR) is 96.7 cm³/mol. The molecule has 0 saturated carbocycles. The summed E-state index contributed by atoms with van der Waals surface area (Å²) in [5, 5.41) is 8.20. The van der Waals surface area contributed by atoms with E-state index in [9.17, 15) is 13.2 Å². The maximum absolute atomic E-state index is 12.6. The Morgan fingerprint density at radius 2 is 1.92 bits per heavy atom. The van der Waals surface area contributed by atoms with Gasteiger partial charge in [-0.25, -0.2) is 13.6 Å². The molecule has 0 spiro atoms. The second-order valence-corrected chi connectivity index (χ2v) is 7.63. The van der Waals surface area contributed by atoms with Crippen molar-refractivity contribution in [2.75, 3.05) is 5.32 Å². The first-order valence-electron chi connectivity index (χ1n) is 7.75. The molecule has 5 N–H and O–H groups in total. The Hall–Kier alpha value is -2.64. The van der Waals surface area contributed by atoms with Crippen LogP contribution in [0.2, 0.25) is 0 Å². The zero-order chi connectivity index (χ0) is 18.2. The molecule has 7 heteroatoms. The number of sulfonamides is 1. The maximum atomic E-state index is 12.6.